The van der Waals surface area contributed by atoms with Gasteiger partial charge in [-0.2, -0.15) is 0 Å². The summed E-state index contributed by atoms with van der Waals surface area (Å²) in [4.78, 5) is 0. The van der Waals surface area contributed by atoms with Crippen LogP contribution in [-0.2, 0) is 13.2 Å². The number of methoxy groups -OCH3 is 1. The van der Waals surface area contributed by atoms with Crippen LogP contribution in [0.4, 0.5) is 5.69 Å². The van der Waals surface area contributed by atoms with Crippen LogP contribution in [0.5, 0.6) is 11.5 Å². The molecule has 0 atom stereocenters. The van der Waals surface area contributed by atoms with Gasteiger partial charge in [-0.25, -0.2) is 0 Å². The van der Waals surface area contributed by atoms with E-state index in [-0.39, 0.29) is 0 Å². The summed E-state index contributed by atoms with van der Waals surface area (Å²) in [5, 5.41) is 6.44. The van der Waals surface area contributed by atoms with Crippen molar-refractivity contribution in [3.63, 3.8) is 0 Å². The molecule has 0 amide bonds. The van der Waals surface area contributed by atoms with E-state index >= 15 is 0 Å². The number of rotatable bonds is 7. The first-order valence-electron chi connectivity index (χ1n) is 9.49. The van der Waals surface area contributed by atoms with E-state index in [0.29, 0.717) is 29.7 Å². The molecule has 0 heterocycles. The third-order valence-electron chi connectivity index (χ3n) is 4.79. The van der Waals surface area contributed by atoms with Crippen molar-refractivity contribution in [3.8, 4) is 11.5 Å². The summed E-state index contributed by atoms with van der Waals surface area (Å²) < 4.78 is 11.5. The summed E-state index contributed by atoms with van der Waals surface area (Å²) in [6, 6.07) is 28.4. The van der Waals surface area contributed by atoms with Gasteiger partial charge in [-0.15, -0.1) is 0 Å². The lowest BCUT2D eigenvalue weighted by Crippen LogP contribution is -2.03. The van der Waals surface area contributed by atoms with Crippen molar-refractivity contribution in [3.05, 3.63) is 101 Å². The van der Waals surface area contributed by atoms with Gasteiger partial charge in [-0.1, -0.05) is 78.3 Å². The Labute approximate surface area is 175 Å². The molecule has 146 valence electrons. The van der Waals surface area contributed by atoms with E-state index in [0.717, 1.165) is 16.8 Å². The average molecular weight is 404 g/mol. The van der Waals surface area contributed by atoms with Crippen LogP contribution in [0, 0.1) is 0 Å². The van der Waals surface area contributed by atoms with Gasteiger partial charge in [-0.05, 0) is 34.7 Å². The largest absolute Gasteiger partial charge is 0.493 e. The monoisotopic (exact) mass is 403 g/mol. The van der Waals surface area contributed by atoms with Crippen LogP contribution in [0.2, 0.25) is 5.02 Å². The number of hydrogen-bond donors (Lipinski definition) is 1. The van der Waals surface area contributed by atoms with Crippen molar-refractivity contribution in [2.24, 2.45) is 0 Å². The van der Waals surface area contributed by atoms with Gasteiger partial charge in [-0.3, -0.25) is 0 Å². The maximum absolute atomic E-state index is 6.52. The number of nitrogens with one attached hydrogen (secondary N) is 1. The molecule has 0 aromatic heterocycles. The lowest BCUT2D eigenvalue weighted by Gasteiger charge is -2.15. The first-order valence-corrected chi connectivity index (χ1v) is 9.87. The van der Waals surface area contributed by atoms with Gasteiger partial charge in [0.05, 0.1) is 12.1 Å². The summed E-state index contributed by atoms with van der Waals surface area (Å²) in [6.07, 6.45) is 0. The summed E-state index contributed by atoms with van der Waals surface area (Å²) in [5.41, 5.74) is 3.18. The molecule has 0 spiro atoms. The quantitative estimate of drug-likeness (QED) is 0.372. The highest BCUT2D eigenvalue weighted by atomic mass is 35.5. The Bertz CT molecular complexity index is 1110. The van der Waals surface area contributed by atoms with Crippen LogP contribution < -0.4 is 14.8 Å². The van der Waals surface area contributed by atoms with Crippen molar-refractivity contribution in [2.75, 3.05) is 12.4 Å². The van der Waals surface area contributed by atoms with Crippen LogP contribution in [0.25, 0.3) is 10.8 Å². The Morgan fingerprint density at radius 3 is 2.41 bits per heavy atom. The van der Waals surface area contributed by atoms with Crippen LogP contribution in [0.3, 0.4) is 0 Å². The molecular formula is C25H22ClNO2. The maximum atomic E-state index is 6.52. The van der Waals surface area contributed by atoms with Crippen LogP contribution in [0.15, 0.2) is 84.9 Å². The molecule has 0 aliphatic heterocycles. The Kier molecular flexibility index (Phi) is 5.87. The highest BCUT2D eigenvalue weighted by molar-refractivity contribution is 6.32. The van der Waals surface area contributed by atoms with Gasteiger partial charge < -0.3 is 14.8 Å². The van der Waals surface area contributed by atoms with Gasteiger partial charge in [0.25, 0.3) is 0 Å². The molecule has 0 aliphatic carbocycles. The number of anilines is 1. The van der Waals surface area contributed by atoms with Gasteiger partial charge >= 0.3 is 0 Å². The van der Waals surface area contributed by atoms with E-state index in [9.17, 15) is 0 Å². The first kappa shape index (κ1) is 19.2. The molecule has 0 saturated heterocycles. The Balaban J connectivity index is 1.52. The SMILES string of the molecule is COc1cc(CNc2cccc3ccccc23)cc(Cl)c1OCc1ccccc1. The summed E-state index contributed by atoms with van der Waals surface area (Å²) >= 11 is 6.52. The van der Waals surface area contributed by atoms with E-state index in [4.69, 9.17) is 21.1 Å². The number of fused-ring (bicyclic) bond motifs is 1. The summed E-state index contributed by atoms with van der Waals surface area (Å²) in [6.45, 7) is 1.06. The van der Waals surface area contributed by atoms with Gasteiger partial charge in [0.15, 0.2) is 11.5 Å². The zero-order chi connectivity index (χ0) is 20.1. The summed E-state index contributed by atoms with van der Waals surface area (Å²) in [7, 11) is 1.63. The molecule has 0 aliphatic rings. The van der Waals surface area contributed by atoms with E-state index < -0.39 is 0 Å². The molecule has 0 unspecified atom stereocenters. The third-order valence-corrected chi connectivity index (χ3v) is 5.07. The molecule has 4 rings (SSSR count). The van der Waals surface area contributed by atoms with Crippen LogP contribution in [0.1, 0.15) is 11.1 Å². The molecule has 1 N–H and O–H groups in total. The van der Waals surface area contributed by atoms with E-state index in [1.165, 1.54) is 10.8 Å². The van der Waals surface area contributed by atoms with Crippen molar-refractivity contribution in [1.82, 2.24) is 0 Å². The maximum Gasteiger partial charge on any atom is 0.180 e. The second kappa shape index (κ2) is 8.89. The number of halogens is 1. The fourth-order valence-corrected chi connectivity index (χ4v) is 3.61. The lowest BCUT2D eigenvalue weighted by atomic mass is 10.1. The molecule has 0 radical (unpaired) electrons. The molecule has 0 fully saturated rings. The zero-order valence-corrected chi connectivity index (χ0v) is 16.9. The van der Waals surface area contributed by atoms with Crippen molar-refractivity contribution in [1.29, 1.82) is 0 Å². The topological polar surface area (TPSA) is 30.5 Å². The molecule has 4 heteroatoms. The fourth-order valence-electron chi connectivity index (χ4n) is 3.32. The predicted molar refractivity (Wildman–Crippen MR) is 120 cm³/mol. The van der Waals surface area contributed by atoms with Crippen molar-refractivity contribution < 1.29 is 9.47 Å². The smallest absolute Gasteiger partial charge is 0.180 e. The minimum absolute atomic E-state index is 0.435. The Morgan fingerprint density at radius 2 is 1.59 bits per heavy atom. The number of hydrogen-bond acceptors (Lipinski definition) is 3. The number of ether oxygens (including phenoxy) is 2. The van der Waals surface area contributed by atoms with Crippen molar-refractivity contribution >= 4 is 28.1 Å². The average Bonchev–Trinajstić information content (AvgIpc) is 2.77. The molecule has 3 nitrogen and oxygen atoms in total. The second-order valence-electron chi connectivity index (χ2n) is 6.76. The van der Waals surface area contributed by atoms with Gasteiger partial charge in [0, 0.05) is 17.6 Å². The molecular weight excluding hydrogens is 382 g/mol. The predicted octanol–water partition coefficient (Wildman–Crippen LogP) is 6.69. The highest BCUT2D eigenvalue weighted by Crippen LogP contribution is 2.37. The number of benzene rings is 4. The summed E-state index contributed by atoms with van der Waals surface area (Å²) in [5.74, 6) is 1.19. The van der Waals surface area contributed by atoms with E-state index in [2.05, 4.69) is 35.6 Å². The standard InChI is InChI=1S/C25H22ClNO2/c1-28-24-15-19(14-22(26)25(24)29-17-18-8-3-2-4-9-18)16-27-23-13-7-11-20-10-5-6-12-21(20)23/h2-15,27H,16-17H2,1H3. The van der Waals surface area contributed by atoms with Gasteiger partial charge in [0.2, 0.25) is 0 Å². The first-order chi connectivity index (χ1) is 14.2. The zero-order valence-electron chi connectivity index (χ0n) is 16.2. The van der Waals surface area contributed by atoms with E-state index in [1.54, 1.807) is 7.11 Å². The second-order valence-corrected chi connectivity index (χ2v) is 7.17. The third kappa shape index (κ3) is 4.47. The molecule has 4 aromatic rings. The molecule has 4 aromatic carbocycles. The van der Waals surface area contributed by atoms with Gasteiger partial charge in [0.1, 0.15) is 6.61 Å². The molecule has 0 bridgehead atoms. The van der Waals surface area contributed by atoms with Crippen molar-refractivity contribution in [2.45, 2.75) is 13.2 Å². The Hall–Kier alpha value is -3.17. The fraction of sp³-hybridized carbons (Fsp3) is 0.120. The van der Waals surface area contributed by atoms with Crippen LogP contribution >= 0.6 is 11.6 Å². The normalized spacial score (nSPS) is 10.7. The highest BCUT2D eigenvalue weighted by Gasteiger charge is 2.13. The Morgan fingerprint density at radius 1 is 0.828 bits per heavy atom. The molecule has 29 heavy (non-hydrogen) atoms. The lowest BCUT2D eigenvalue weighted by molar-refractivity contribution is 0.284. The minimum Gasteiger partial charge on any atom is -0.493 e. The minimum atomic E-state index is 0.435. The van der Waals surface area contributed by atoms with E-state index in [1.807, 2.05) is 54.6 Å². The molecule has 0 saturated carbocycles. The van der Waals surface area contributed by atoms with Crippen LogP contribution in [-0.4, -0.2) is 7.11 Å².